The van der Waals surface area contributed by atoms with Gasteiger partial charge in [-0.15, -0.1) is 24.0 Å². The second-order valence-corrected chi connectivity index (χ2v) is 8.24. The summed E-state index contributed by atoms with van der Waals surface area (Å²) < 4.78 is 0. The van der Waals surface area contributed by atoms with Crippen LogP contribution in [0.4, 0.5) is 5.82 Å². The van der Waals surface area contributed by atoms with E-state index in [-0.39, 0.29) is 24.0 Å². The highest BCUT2D eigenvalue weighted by Crippen LogP contribution is 2.12. The molecule has 2 fully saturated rings. The van der Waals surface area contributed by atoms with Gasteiger partial charge in [-0.25, -0.2) is 4.98 Å². The number of nitrogens with zero attached hydrogens (tertiary/aromatic N) is 6. The first-order valence-corrected chi connectivity index (χ1v) is 11.4. The molecule has 0 radical (unpaired) electrons. The summed E-state index contributed by atoms with van der Waals surface area (Å²) >= 11 is 0. The normalized spacial score (nSPS) is 18.3. The maximum atomic E-state index is 4.52. The van der Waals surface area contributed by atoms with Gasteiger partial charge in [0, 0.05) is 85.2 Å². The Kier molecular flexibility index (Phi) is 10.0. The molecule has 0 unspecified atom stereocenters. The lowest BCUT2D eigenvalue weighted by molar-refractivity contribution is 0.128. The third-order valence-corrected chi connectivity index (χ3v) is 6.19. The van der Waals surface area contributed by atoms with E-state index in [4.69, 9.17) is 0 Å². The Bertz CT molecular complexity index is 802. The van der Waals surface area contributed by atoms with Gasteiger partial charge in [0.15, 0.2) is 5.96 Å². The summed E-state index contributed by atoms with van der Waals surface area (Å²) in [6, 6.07) is 16.9. The molecule has 0 atom stereocenters. The Hall–Kier alpha value is -1.91. The number of pyridine rings is 1. The largest absolute Gasteiger partial charge is 0.355 e. The number of piperazine rings is 2. The summed E-state index contributed by atoms with van der Waals surface area (Å²) in [6.45, 7) is 11.5. The molecule has 1 N–H and O–H groups in total. The Labute approximate surface area is 209 Å². The second-order valence-electron chi connectivity index (χ2n) is 8.24. The summed E-state index contributed by atoms with van der Waals surface area (Å²) in [4.78, 5) is 18.8. The highest BCUT2D eigenvalue weighted by atomic mass is 127. The van der Waals surface area contributed by atoms with Crippen LogP contribution in [0.15, 0.2) is 59.7 Å². The van der Waals surface area contributed by atoms with E-state index in [1.165, 1.54) is 5.56 Å². The van der Waals surface area contributed by atoms with Crippen LogP contribution in [-0.2, 0) is 6.54 Å². The zero-order valence-corrected chi connectivity index (χ0v) is 21.4. The fraction of sp³-hybridized carbons (Fsp3) is 0.500. The topological polar surface area (TPSA) is 50.2 Å². The first-order valence-electron chi connectivity index (χ1n) is 11.4. The zero-order valence-electron chi connectivity index (χ0n) is 19.1. The fourth-order valence-electron chi connectivity index (χ4n) is 4.36. The fourth-order valence-corrected chi connectivity index (χ4v) is 4.36. The van der Waals surface area contributed by atoms with E-state index in [0.717, 1.165) is 83.8 Å². The van der Waals surface area contributed by atoms with Crippen molar-refractivity contribution in [2.24, 2.45) is 4.99 Å². The zero-order chi connectivity index (χ0) is 21.3. The minimum absolute atomic E-state index is 0. The van der Waals surface area contributed by atoms with E-state index in [1.54, 1.807) is 0 Å². The van der Waals surface area contributed by atoms with Crippen molar-refractivity contribution in [1.82, 2.24) is 25.0 Å². The molecule has 0 bridgehead atoms. The summed E-state index contributed by atoms with van der Waals surface area (Å²) in [7, 11) is 1.88. The molecule has 3 heterocycles. The molecule has 0 spiro atoms. The number of anilines is 1. The number of aromatic nitrogens is 1. The van der Waals surface area contributed by atoms with Crippen molar-refractivity contribution in [3.05, 3.63) is 60.3 Å². The second kappa shape index (κ2) is 13.0. The average Bonchev–Trinajstić information content (AvgIpc) is 2.84. The third kappa shape index (κ3) is 7.05. The van der Waals surface area contributed by atoms with Crippen LogP contribution < -0.4 is 10.2 Å². The minimum Gasteiger partial charge on any atom is -0.355 e. The third-order valence-electron chi connectivity index (χ3n) is 6.19. The molecule has 174 valence electrons. The lowest BCUT2D eigenvalue weighted by Gasteiger charge is -2.37. The van der Waals surface area contributed by atoms with Gasteiger partial charge in [0.25, 0.3) is 0 Å². The van der Waals surface area contributed by atoms with Crippen molar-refractivity contribution in [3.63, 3.8) is 0 Å². The van der Waals surface area contributed by atoms with Crippen molar-refractivity contribution >= 4 is 35.8 Å². The quantitative estimate of drug-likeness (QED) is 0.339. The van der Waals surface area contributed by atoms with Crippen molar-refractivity contribution in [1.29, 1.82) is 0 Å². The van der Waals surface area contributed by atoms with Crippen LogP contribution >= 0.6 is 24.0 Å². The van der Waals surface area contributed by atoms with Crippen LogP contribution in [0.3, 0.4) is 0 Å². The maximum absolute atomic E-state index is 4.52. The number of hydrogen-bond acceptors (Lipinski definition) is 5. The van der Waals surface area contributed by atoms with Gasteiger partial charge in [-0.05, 0) is 17.7 Å². The van der Waals surface area contributed by atoms with E-state index in [2.05, 4.69) is 77.4 Å². The van der Waals surface area contributed by atoms with E-state index < -0.39 is 0 Å². The predicted octanol–water partition coefficient (Wildman–Crippen LogP) is 2.21. The highest BCUT2D eigenvalue weighted by Gasteiger charge is 2.21. The van der Waals surface area contributed by atoms with Gasteiger partial charge in [0.2, 0.25) is 0 Å². The van der Waals surface area contributed by atoms with Crippen molar-refractivity contribution < 1.29 is 0 Å². The van der Waals surface area contributed by atoms with Crippen molar-refractivity contribution in [2.45, 2.75) is 6.54 Å². The first-order chi connectivity index (χ1) is 15.3. The lowest BCUT2D eigenvalue weighted by Crippen LogP contribution is -2.54. The van der Waals surface area contributed by atoms with Gasteiger partial charge >= 0.3 is 0 Å². The molecule has 4 rings (SSSR count). The minimum atomic E-state index is 0. The van der Waals surface area contributed by atoms with Gasteiger partial charge in [-0.3, -0.25) is 14.8 Å². The standard InChI is InChI=1S/C24H35N7.HI/c1-25-24(31-19-17-30(18-20-31)23-9-5-6-10-26-23)27-11-12-28-13-15-29(16-14-28)21-22-7-3-2-4-8-22;/h2-10H,11-21H2,1H3,(H,25,27);1H. The predicted molar refractivity (Wildman–Crippen MR) is 143 cm³/mol. The molecular weight excluding hydrogens is 513 g/mol. The number of halogens is 1. The van der Waals surface area contributed by atoms with E-state index in [9.17, 15) is 0 Å². The molecule has 8 heteroatoms. The molecule has 1 aromatic heterocycles. The Morgan fingerprint density at radius 3 is 2.22 bits per heavy atom. The number of benzene rings is 1. The summed E-state index contributed by atoms with van der Waals surface area (Å²) in [6.07, 6.45) is 1.86. The summed E-state index contributed by atoms with van der Waals surface area (Å²) in [5.41, 5.74) is 1.41. The molecule has 32 heavy (non-hydrogen) atoms. The van der Waals surface area contributed by atoms with Gasteiger partial charge in [0.05, 0.1) is 0 Å². The van der Waals surface area contributed by atoms with E-state index >= 15 is 0 Å². The molecule has 2 aliphatic rings. The SMILES string of the molecule is CN=C(NCCN1CCN(Cc2ccccc2)CC1)N1CCN(c2ccccn2)CC1.I. The Morgan fingerprint density at radius 1 is 0.875 bits per heavy atom. The maximum Gasteiger partial charge on any atom is 0.193 e. The van der Waals surface area contributed by atoms with Gasteiger partial charge in [0.1, 0.15) is 5.82 Å². The Morgan fingerprint density at radius 2 is 1.56 bits per heavy atom. The number of hydrogen-bond donors (Lipinski definition) is 1. The molecule has 0 saturated carbocycles. The summed E-state index contributed by atoms with van der Waals surface area (Å²) in [5.74, 6) is 2.08. The van der Waals surface area contributed by atoms with Crippen LogP contribution in [-0.4, -0.2) is 98.1 Å². The molecule has 2 aromatic rings. The van der Waals surface area contributed by atoms with Gasteiger partial charge in [-0.2, -0.15) is 0 Å². The molecule has 7 nitrogen and oxygen atoms in total. The number of guanidine groups is 1. The molecular formula is C24H36IN7. The van der Waals surface area contributed by atoms with Crippen molar-refractivity contribution in [3.8, 4) is 0 Å². The first kappa shape index (κ1) is 24.7. The van der Waals surface area contributed by atoms with Crippen LogP contribution in [0.2, 0.25) is 0 Å². The highest BCUT2D eigenvalue weighted by molar-refractivity contribution is 14.0. The monoisotopic (exact) mass is 549 g/mol. The van der Waals surface area contributed by atoms with E-state index in [0.29, 0.717) is 0 Å². The van der Waals surface area contributed by atoms with Crippen LogP contribution in [0, 0.1) is 0 Å². The van der Waals surface area contributed by atoms with Gasteiger partial charge < -0.3 is 15.1 Å². The van der Waals surface area contributed by atoms with E-state index in [1.807, 2.05) is 19.3 Å². The number of nitrogens with one attached hydrogen (secondary N) is 1. The lowest BCUT2D eigenvalue weighted by atomic mass is 10.2. The Balaban J connectivity index is 0.00000289. The average molecular weight is 550 g/mol. The number of aliphatic imine (C=N–C) groups is 1. The van der Waals surface area contributed by atoms with Crippen LogP contribution in [0.1, 0.15) is 5.56 Å². The van der Waals surface area contributed by atoms with Crippen LogP contribution in [0.25, 0.3) is 0 Å². The molecule has 0 aliphatic carbocycles. The molecule has 0 amide bonds. The molecule has 2 aliphatic heterocycles. The molecule has 2 saturated heterocycles. The van der Waals surface area contributed by atoms with Crippen molar-refractivity contribution in [2.75, 3.05) is 77.4 Å². The van der Waals surface area contributed by atoms with Crippen LogP contribution in [0.5, 0.6) is 0 Å². The number of rotatable bonds is 6. The smallest absolute Gasteiger partial charge is 0.193 e. The van der Waals surface area contributed by atoms with Gasteiger partial charge in [-0.1, -0.05) is 36.4 Å². The molecule has 1 aromatic carbocycles. The summed E-state index contributed by atoms with van der Waals surface area (Å²) in [5, 5.41) is 3.58.